The van der Waals surface area contributed by atoms with E-state index in [2.05, 4.69) is 6.58 Å². The highest BCUT2D eigenvalue weighted by atomic mass is 16.5. The molecule has 130 valence electrons. The van der Waals surface area contributed by atoms with Crippen LogP contribution in [0.5, 0.6) is 0 Å². The third-order valence-electron chi connectivity index (χ3n) is 3.86. The monoisotopic (exact) mass is 322 g/mol. The van der Waals surface area contributed by atoms with Crippen molar-refractivity contribution in [3.63, 3.8) is 0 Å². The Morgan fingerprint density at radius 2 is 1.65 bits per heavy atom. The molecule has 0 heterocycles. The molecule has 4 heteroatoms. The Morgan fingerprint density at radius 3 is 2.35 bits per heavy atom. The molecule has 1 aromatic rings. The van der Waals surface area contributed by atoms with Crippen LogP contribution in [-0.4, -0.2) is 40.2 Å². The summed E-state index contributed by atoms with van der Waals surface area (Å²) in [6.07, 6.45) is 3.06. The maximum absolute atomic E-state index is 9.87. The van der Waals surface area contributed by atoms with Crippen molar-refractivity contribution >= 4 is 0 Å². The smallest absolute Gasteiger partial charge is 0.106 e. The number of benzene rings is 1. The van der Waals surface area contributed by atoms with Gasteiger partial charge in [0.1, 0.15) is 6.10 Å². The molecule has 0 spiro atoms. The van der Waals surface area contributed by atoms with E-state index in [4.69, 9.17) is 4.74 Å². The molecule has 23 heavy (non-hydrogen) atoms. The summed E-state index contributed by atoms with van der Waals surface area (Å²) in [5.41, 5.74) is 1.17. The Morgan fingerprint density at radius 1 is 0.957 bits per heavy atom. The fourth-order valence-corrected chi connectivity index (χ4v) is 2.39. The van der Waals surface area contributed by atoms with Gasteiger partial charge in [0.2, 0.25) is 0 Å². The first-order valence-electron chi connectivity index (χ1n) is 8.42. The lowest BCUT2D eigenvalue weighted by molar-refractivity contribution is -0.0643. The SMILES string of the molecule is C=CCC[C@@H](O)[C@H](O)[C@@H](O)CCCCCOCc1ccccc1. The Balaban J connectivity index is 2.02. The van der Waals surface area contributed by atoms with Gasteiger partial charge in [0.05, 0.1) is 18.8 Å². The molecule has 0 radical (unpaired) electrons. The topological polar surface area (TPSA) is 69.9 Å². The molecule has 0 aliphatic rings. The van der Waals surface area contributed by atoms with Gasteiger partial charge < -0.3 is 20.1 Å². The van der Waals surface area contributed by atoms with Crippen LogP contribution in [0.3, 0.4) is 0 Å². The van der Waals surface area contributed by atoms with Crippen molar-refractivity contribution < 1.29 is 20.1 Å². The average Bonchev–Trinajstić information content (AvgIpc) is 2.58. The summed E-state index contributed by atoms with van der Waals surface area (Å²) in [6, 6.07) is 10.0. The second kappa shape index (κ2) is 12.3. The van der Waals surface area contributed by atoms with Crippen molar-refractivity contribution in [1.29, 1.82) is 0 Å². The van der Waals surface area contributed by atoms with Crippen molar-refractivity contribution in [3.8, 4) is 0 Å². The molecular formula is C19H30O4. The first kappa shape index (κ1) is 19.8. The first-order chi connectivity index (χ1) is 11.1. The fourth-order valence-electron chi connectivity index (χ4n) is 2.39. The minimum Gasteiger partial charge on any atom is -0.390 e. The summed E-state index contributed by atoms with van der Waals surface area (Å²) in [5.74, 6) is 0. The molecule has 0 aliphatic carbocycles. The van der Waals surface area contributed by atoms with E-state index >= 15 is 0 Å². The fraction of sp³-hybridized carbons (Fsp3) is 0.579. The van der Waals surface area contributed by atoms with Gasteiger partial charge >= 0.3 is 0 Å². The lowest BCUT2D eigenvalue weighted by atomic mass is 9.99. The zero-order chi connectivity index (χ0) is 16.9. The second-order valence-electron chi connectivity index (χ2n) is 5.88. The third-order valence-corrected chi connectivity index (χ3v) is 3.86. The first-order valence-corrected chi connectivity index (χ1v) is 8.42. The summed E-state index contributed by atoms with van der Waals surface area (Å²) in [4.78, 5) is 0. The van der Waals surface area contributed by atoms with Crippen LogP contribution in [-0.2, 0) is 11.3 Å². The van der Waals surface area contributed by atoms with E-state index in [0.717, 1.165) is 19.3 Å². The van der Waals surface area contributed by atoms with Gasteiger partial charge in [-0.1, -0.05) is 49.2 Å². The van der Waals surface area contributed by atoms with Crippen LogP contribution in [0, 0.1) is 0 Å². The zero-order valence-electron chi connectivity index (χ0n) is 13.8. The van der Waals surface area contributed by atoms with Crippen molar-refractivity contribution in [2.45, 2.75) is 63.4 Å². The van der Waals surface area contributed by atoms with Crippen LogP contribution in [0.4, 0.5) is 0 Å². The van der Waals surface area contributed by atoms with Gasteiger partial charge in [-0.2, -0.15) is 0 Å². The number of ether oxygens (including phenoxy) is 1. The quantitative estimate of drug-likeness (QED) is 0.386. The molecule has 0 saturated heterocycles. The molecular weight excluding hydrogens is 292 g/mol. The lowest BCUT2D eigenvalue weighted by Gasteiger charge is -2.22. The van der Waals surface area contributed by atoms with E-state index in [9.17, 15) is 15.3 Å². The zero-order valence-corrected chi connectivity index (χ0v) is 13.8. The van der Waals surface area contributed by atoms with E-state index < -0.39 is 18.3 Å². The van der Waals surface area contributed by atoms with Crippen LogP contribution in [0.2, 0.25) is 0 Å². The molecule has 1 aromatic carbocycles. The molecule has 0 amide bonds. The van der Waals surface area contributed by atoms with E-state index in [1.54, 1.807) is 6.08 Å². The van der Waals surface area contributed by atoms with E-state index in [1.165, 1.54) is 5.56 Å². The largest absolute Gasteiger partial charge is 0.390 e. The number of rotatable bonds is 13. The van der Waals surface area contributed by atoms with Gasteiger partial charge in [0.25, 0.3) is 0 Å². The number of aliphatic hydroxyl groups is 3. The predicted octanol–water partition coefficient (Wildman–Crippen LogP) is 2.81. The van der Waals surface area contributed by atoms with E-state index in [-0.39, 0.29) is 0 Å². The van der Waals surface area contributed by atoms with Crippen LogP contribution in [0.1, 0.15) is 44.1 Å². The molecule has 0 saturated carbocycles. The van der Waals surface area contributed by atoms with Crippen LogP contribution >= 0.6 is 0 Å². The minimum absolute atomic E-state index is 0.426. The maximum Gasteiger partial charge on any atom is 0.106 e. The van der Waals surface area contributed by atoms with Crippen molar-refractivity contribution in [2.24, 2.45) is 0 Å². The molecule has 0 bridgehead atoms. The molecule has 4 nitrogen and oxygen atoms in total. The summed E-state index contributed by atoms with van der Waals surface area (Å²) < 4.78 is 5.60. The van der Waals surface area contributed by atoms with Crippen molar-refractivity contribution in [2.75, 3.05) is 6.61 Å². The molecule has 3 atom stereocenters. The third kappa shape index (κ3) is 8.86. The van der Waals surface area contributed by atoms with Gasteiger partial charge in [-0.25, -0.2) is 0 Å². The molecule has 0 unspecified atom stereocenters. The summed E-state index contributed by atoms with van der Waals surface area (Å²) >= 11 is 0. The van der Waals surface area contributed by atoms with Crippen molar-refractivity contribution in [3.05, 3.63) is 48.6 Å². The van der Waals surface area contributed by atoms with Crippen LogP contribution in [0.15, 0.2) is 43.0 Å². The number of hydrogen-bond donors (Lipinski definition) is 3. The molecule has 3 N–H and O–H groups in total. The number of hydrogen-bond acceptors (Lipinski definition) is 4. The van der Waals surface area contributed by atoms with Gasteiger partial charge in [-0.15, -0.1) is 6.58 Å². The van der Waals surface area contributed by atoms with Gasteiger partial charge in [-0.05, 0) is 31.2 Å². The molecule has 0 fully saturated rings. The normalized spacial score (nSPS) is 15.1. The van der Waals surface area contributed by atoms with E-state index in [1.807, 2.05) is 30.3 Å². The highest BCUT2D eigenvalue weighted by molar-refractivity contribution is 5.13. The van der Waals surface area contributed by atoms with Crippen LogP contribution < -0.4 is 0 Å². The van der Waals surface area contributed by atoms with Gasteiger partial charge in [0.15, 0.2) is 0 Å². The summed E-state index contributed by atoms with van der Waals surface area (Å²) in [5, 5.41) is 29.4. The van der Waals surface area contributed by atoms with Crippen molar-refractivity contribution in [1.82, 2.24) is 0 Å². The Hall–Kier alpha value is -1.20. The van der Waals surface area contributed by atoms with Crippen LogP contribution in [0.25, 0.3) is 0 Å². The molecule has 0 aliphatic heterocycles. The van der Waals surface area contributed by atoms with Gasteiger partial charge in [0, 0.05) is 6.61 Å². The Labute approximate surface area is 139 Å². The highest BCUT2D eigenvalue weighted by Gasteiger charge is 2.23. The van der Waals surface area contributed by atoms with E-state index in [0.29, 0.717) is 32.5 Å². The second-order valence-corrected chi connectivity index (χ2v) is 5.88. The molecule has 0 aromatic heterocycles. The summed E-state index contributed by atoms with van der Waals surface area (Å²) in [6.45, 7) is 4.89. The Kier molecular flexibility index (Phi) is 10.6. The maximum atomic E-state index is 9.87. The predicted molar refractivity (Wildman–Crippen MR) is 92.0 cm³/mol. The highest BCUT2D eigenvalue weighted by Crippen LogP contribution is 2.13. The number of unbranched alkanes of at least 4 members (excludes halogenated alkanes) is 2. The minimum atomic E-state index is -1.08. The molecule has 1 rings (SSSR count). The van der Waals surface area contributed by atoms with Gasteiger partial charge in [-0.3, -0.25) is 0 Å². The Bertz CT molecular complexity index is 407. The lowest BCUT2D eigenvalue weighted by Crippen LogP contribution is -2.37. The number of aliphatic hydroxyl groups excluding tert-OH is 3. The average molecular weight is 322 g/mol. The number of allylic oxidation sites excluding steroid dienone is 1. The summed E-state index contributed by atoms with van der Waals surface area (Å²) in [7, 11) is 0. The standard InChI is InChI=1S/C19H30O4/c1-2-3-12-17(20)19(22)18(21)13-8-5-9-14-23-15-16-10-6-4-7-11-16/h2,4,6-7,10-11,17-22H,1,3,5,8-9,12-15H2/t17-,18+,19+/m1/s1.